The van der Waals surface area contributed by atoms with Crippen molar-refractivity contribution >= 4 is 70.4 Å². The van der Waals surface area contributed by atoms with Gasteiger partial charge < -0.3 is 9.47 Å². The van der Waals surface area contributed by atoms with Gasteiger partial charge in [0.15, 0.2) is 0 Å². The van der Waals surface area contributed by atoms with Gasteiger partial charge in [-0.25, -0.2) is 0 Å². The molecule has 0 N–H and O–H groups in total. The molecule has 0 saturated carbocycles. The highest BCUT2D eigenvalue weighted by molar-refractivity contribution is 7.26. The van der Waals surface area contributed by atoms with Crippen LogP contribution in [0.1, 0.15) is 22.3 Å². The van der Waals surface area contributed by atoms with Crippen LogP contribution in [-0.4, -0.2) is 4.57 Å². The fourth-order valence-corrected chi connectivity index (χ4v) is 13.7. The van der Waals surface area contributed by atoms with E-state index in [-0.39, 0.29) is 0 Å². The summed E-state index contributed by atoms with van der Waals surface area (Å²) in [4.78, 5) is 2.40. The van der Waals surface area contributed by atoms with Crippen molar-refractivity contribution in [3.8, 4) is 50.2 Å². The van der Waals surface area contributed by atoms with Gasteiger partial charge >= 0.3 is 0 Å². The minimum atomic E-state index is -0.480. The average Bonchev–Trinajstić information content (AvgIpc) is 4.16. The van der Waals surface area contributed by atoms with Crippen molar-refractivity contribution in [3.05, 3.63) is 313 Å². The number of aromatic nitrogens is 1. The zero-order valence-corrected chi connectivity index (χ0v) is 42.3. The molecule has 0 fully saturated rings. The standard InChI is InChI=1S/C73H48N2S/c1-2-20-54(21-3-1)73(67-30-9-4-23-61(67)62-24-5-10-31-68(62)73)55-39-45-58(46-40-55)74(56-41-35-49(36-42-56)51-17-14-19-53(47-51)60-28-16-29-66-65-27-8-13-34-71(65)76-72(60)66)57-43-37-50(38-44-57)52-18-15-22-59(48-52)75-69-32-11-6-25-63(69)64-26-7-12-33-70(64)75/h1-48H. The molecule has 2 aromatic heterocycles. The normalized spacial score (nSPS) is 12.6. The lowest BCUT2D eigenvalue weighted by Crippen LogP contribution is -2.28. The molecule has 0 aliphatic heterocycles. The van der Waals surface area contributed by atoms with Crippen LogP contribution in [0.3, 0.4) is 0 Å². The van der Waals surface area contributed by atoms with Crippen molar-refractivity contribution < 1.29 is 0 Å². The molecule has 2 nitrogen and oxygen atoms in total. The van der Waals surface area contributed by atoms with E-state index in [0.29, 0.717) is 0 Å². The lowest BCUT2D eigenvalue weighted by atomic mass is 9.68. The number of benzene rings is 12. The molecule has 76 heavy (non-hydrogen) atoms. The first-order chi connectivity index (χ1) is 37.7. The van der Waals surface area contributed by atoms with E-state index in [1.165, 1.54) is 103 Å². The van der Waals surface area contributed by atoms with E-state index in [1.807, 2.05) is 11.3 Å². The van der Waals surface area contributed by atoms with Crippen LogP contribution >= 0.6 is 11.3 Å². The van der Waals surface area contributed by atoms with Crippen molar-refractivity contribution in [3.63, 3.8) is 0 Å². The van der Waals surface area contributed by atoms with Crippen molar-refractivity contribution in [1.29, 1.82) is 0 Å². The van der Waals surface area contributed by atoms with Crippen LogP contribution in [0.5, 0.6) is 0 Å². The number of nitrogens with zero attached hydrogens (tertiary/aromatic N) is 2. The maximum absolute atomic E-state index is 2.40. The fraction of sp³-hybridized carbons (Fsp3) is 0.0137. The molecule has 12 aromatic carbocycles. The van der Waals surface area contributed by atoms with Gasteiger partial charge in [0.05, 0.1) is 16.4 Å². The SMILES string of the molecule is c1ccc(C2(c3ccc(N(c4ccc(-c5cccc(-c6cccc7c6sc6ccccc67)c5)cc4)c4ccc(-c5cccc(-n6c7ccccc7c7ccccc76)c5)cc4)cc3)c3ccccc3-c3ccccc32)cc1. The summed E-state index contributed by atoms with van der Waals surface area (Å²) >= 11 is 1.88. The van der Waals surface area contributed by atoms with Crippen LogP contribution < -0.4 is 4.90 Å². The molecule has 0 atom stereocenters. The second-order valence-electron chi connectivity index (χ2n) is 20.0. The number of thiophene rings is 1. The van der Waals surface area contributed by atoms with Gasteiger partial charge in [0.25, 0.3) is 0 Å². The summed E-state index contributed by atoms with van der Waals surface area (Å²) in [5, 5.41) is 5.16. The number of fused-ring (bicyclic) bond motifs is 9. The van der Waals surface area contributed by atoms with Gasteiger partial charge in [0, 0.05) is 53.7 Å². The molecule has 15 rings (SSSR count). The molecule has 0 saturated heterocycles. The van der Waals surface area contributed by atoms with Gasteiger partial charge in [-0.1, -0.05) is 218 Å². The quantitative estimate of drug-likeness (QED) is 0.140. The molecule has 0 amide bonds. The highest BCUT2D eigenvalue weighted by Gasteiger charge is 2.45. The molecule has 0 spiro atoms. The van der Waals surface area contributed by atoms with Crippen LogP contribution in [0, 0.1) is 0 Å². The van der Waals surface area contributed by atoms with E-state index in [2.05, 4.69) is 301 Å². The first-order valence-corrected chi connectivity index (χ1v) is 27.0. The second kappa shape index (κ2) is 17.8. The summed E-state index contributed by atoms with van der Waals surface area (Å²) in [6.45, 7) is 0. The lowest BCUT2D eigenvalue weighted by molar-refractivity contribution is 0.768. The van der Waals surface area contributed by atoms with Gasteiger partial charge in [0.1, 0.15) is 0 Å². The topological polar surface area (TPSA) is 8.17 Å². The van der Waals surface area contributed by atoms with Gasteiger partial charge in [-0.15, -0.1) is 11.3 Å². The molecule has 1 aliphatic rings. The molecule has 2 heterocycles. The molecule has 1 aliphatic carbocycles. The molecule has 356 valence electrons. The minimum Gasteiger partial charge on any atom is -0.311 e. The fourth-order valence-electron chi connectivity index (χ4n) is 12.5. The average molecular weight is 985 g/mol. The number of hydrogen-bond acceptors (Lipinski definition) is 2. The zero-order chi connectivity index (χ0) is 50.2. The molecule has 3 heteroatoms. The first kappa shape index (κ1) is 44.0. The van der Waals surface area contributed by atoms with Gasteiger partial charge in [0.2, 0.25) is 0 Å². The summed E-state index contributed by atoms with van der Waals surface area (Å²) < 4.78 is 5.04. The second-order valence-corrected chi connectivity index (χ2v) is 21.0. The van der Waals surface area contributed by atoms with Crippen LogP contribution in [0.15, 0.2) is 291 Å². The monoisotopic (exact) mass is 984 g/mol. The zero-order valence-electron chi connectivity index (χ0n) is 41.5. The van der Waals surface area contributed by atoms with Gasteiger partial charge in [-0.05, 0) is 140 Å². The highest BCUT2D eigenvalue weighted by atomic mass is 32.1. The lowest BCUT2D eigenvalue weighted by Gasteiger charge is -2.34. The highest BCUT2D eigenvalue weighted by Crippen LogP contribution is 2.56. The van der Waals surface area contributed by atoms with Gasteiger partial charge in [-0.2, -0.15) is 0 Å². The third kappa shape index (κ3) is 6.94. The van der Waals surface area contributed by atoms with E-state index in [4.69, 9.17) is 0 Å². The summed E-state index contributed by atoms with van der Waals surface area (Å²) in [6, 6.07) is 107. The smallest absolute Gasteiger partial charge is 0.0713 e. The molecule has 0 bridgehead atoms. The Labute approximate surface area is 446 Å². The minimum absolute atomic E-state index is 0.480. The molecular formula is C73H48N2S. The Morgan fingerprint density at radius 3 is 1.41 bits per heavy atom. The summed E-state index contributed by atoms with van der Waals surface area (Å²) in [6.07, 6.45) is 0. The molecular weight excluding hydrogens is 937 g/mol. The van der Waals surface area contributed by atoms with Crippen molar-refractivity contribution in [2.45, 2.75) is 5.41 Å². The first-order valence-electron chi connectivity index (χ1n) is 26.1. The number of hydrogen-bond donors (Lipinski definition) is 0. The van der Waals surface area contributed by atoms with Crippen molar-refractivity contribution in [2.24, 2.45) is 0 Å². The predicted octanol–water partition coefficient (Wildman–Crippen LogP) is 20.0. The molecule has 14 aromatic rings. The number of anilines is 3. The summed E-state index contributed by atoms with van der Waals surface area (Å²) in [5.74, 6) is 0. The van der Waals surface area contributed by atoms with E-state index >= 15 is 0 Å². The van der Waals surface area contributed by atoms with Crippen LogP contribution in [0.25, 0.3) is 92.2 Å². The van der Waals surface area contributed by atoms with E-state index < -0.39 is 5.41 Å². The van der Waals surface area contributed by atoms with Gasteiger partial charge in [-0.3, -0.25) is 0 Å². The number of para-hydroxylation sites is 2. The Morgan fingerprint density at radius 1 is 0.303 bits per heavy atom. The van der Waals surface area contributed by atoms with E-state index in [0.717, 1.165) is 28.3 Å². The van der Waals surface area contributed by atoms with Crippen LogP contribution in [0.4, 0.5) is 17.1 Å². The van der Waals surface area contributed by atoms with Crippen molar-refractivity contribution in [2.75, 3.05) is 4.90 Å². The third-order valence-electron chi connectivity index (χ3n) is 15.9. The Kier molecular flexibility index (Phi) is 10.3. The Morgan fingerprint density at radius 2 is 0.763 bits per heavy atom. The van der Waals surface area contributed by atoms with Crippen molar-refractivity contribution in [1.82, 2.24) is 4.57 Å². The molecule has 0 radical (unpaired) electrons. The number of rotatable bonds is 9. The van der Waals surface area contributed by atoms with E-state index in [1.54, 1.807) is 0 Å². The maximum atomic E-state index is 2.40. The Balaban J connectivity index is 0.831. The maximum Gasteiger partial charge on any atom is 0.0713 e. The predicted molar refractivity (Wildman–Crippen MR) is 322 cm³/mol. The van der Waals surface area contributed by atoms with E-state index in [9.17, 15) is 0 Å². The Hall–Kier alpha value is -9.54. The third-order valence-corrected chi connectivity index (χ3v) is 17.1. The van der Waals surface area contributed by atoms with Crippen LogP contribution in [0.2, 0.25) is 0 Å². The Bertz CT molecular complexity index is 4410. The summed E-state index contributed by atoms with van der Waals surface area (Å²) in [5.41, 5.74) is 21.2. The summed E-state index contributed by atoms with van der Waals surface area (Å²) in [7, 11) is 0. The molecule has 0 unspecified atom stereocenters. The van der Waals surface area contributed by atoms with Crippen LogP contribution in [-0.2, 0) is 5.41 Å². The largest absolute Gasteiger partial charge is 0.311 e.